The number of hydrogen-bond donors (Lipinski definition) is 0. The number of benzene rings is 2. The van der Waals surface area contributed by atoms with Crippen LogP contribution in [0.2, 0.25) is 0 Å². The predicted octanol–water partition coefficient (Wildman–Crippen LogP) is 4.37. The zero-order valence-corrected chi connectivity index (χ0v) is 19.0. The van der Waals surface area contributed by atoms with E-state index in [0.717, 1.165) is 5.56 Å². The summed E-state index contributed by atoms with van der Waals surface area (Å²) in [5, 5.41) is 0. The first-order valence-corrected chi connectivity index (χ1v) is 11.8. The maximum absolute atomic E-state index is 13.0. The minimum Gasteiger partial charge on any atom is -0.410 e. The van der Waals surface area contributed by atoms with Gasteiger partial charge in [-0.3, -0.25) is 9.36 Å². The molecule has 0 unspecified atom stereocenters. The molecule has 0 aromatic heterocycles. The third-order valence-electron chi connectivity index (χ3n) is 4.20. The van der Waals surface area contributed by atoms with Crippen molar-refractivity contribution in [3.8, 4) is 5.75 Å². The van der Waals surface area contributed by atoms with Crippen molar-refractivity contribution in [1.82, 2.24) is 9.80 Å². The fraction of sp³-hybridized carbons (Fsp3) is 0.364. The Morgan fingerprint density at radius 1 is 0.903 bits per heavy atom. The molecule has 0 aliphatic heterocycles. The second-order valence-electron chi connectivity index (χ2n) is 6.70. The average Bonchev–Trinajstić information content (AvgIpc) is 2.75. The standard InChI is InChI=1S/C22H29N2O6P/c1-4-28-31(27,29-5-2)18-24(16-19-12-8-6-9-13-19)21(25)17-23(3)22(26)30-20-14-10-7-11-15-20/h6-15H,4-5,16-18H2,1-3H3. The van der Waals surface area contributed by atoms with Gasteiger partial charge in [-0.05, 0) is 31.5 Å². The van der Waals surface area contributed by atoms with Crippen LogP contribution in [0.1, 0.15) is 19.4 Å². The number of nitrogens with zero attached hydrogens (tertiary/aromatic N) is 2. The lowest BCUT2D eigenvalue weighted by Gasteiger charge is -2.28. The molecule has 9 heteroatoms. The Bertz CT molecular complexity index is 868. The summed E-state index contributed by atoms with van der Waals surface area (Å²) >= 11 is 0. The van der Waals surface area contributed by atoms with Gasteiger partial charge in [0.25, 0.3) is 0 Å². The molecule has 0 aliphatic carbocycles. The van der Waals surface area contributed by atoms with Gasteiger partial charge < -0.3 is 23.6 Å². The van der Waals surface area contributed by atoms with Crippen LogP contribution >= 0.6 is 7.60 Å². The fourth-order valence-corrected chi connectivity index (χ4v) is 4.48. The third kappa shape index (κ3) is 8.17. The summed E-state index contributed by atoms with van der Waals surface area (Å²) in [7, 11) is -2.05. The van der Waals surface area contributed by atoms with Crippen molar-refractivity contribution >= 4 is 19.6 Å². The van der Waals surface area contributed by atoms with E-state index in [4.69, 9.17) is 13.8 Å². The van der Waals surface area contributed by atoms with Crippen LogP contribution in [-0.2, 0) is 25.0 Å². The van der Waals surface area contributed by atoms with E-state index in [1.165, 1.54) is 16.8 Å². The molecule has 0 saturated carbocycles. The van der Waals surface area contributed by atoms with Gasteiger partial charge in [0.05, 0.1) is 13.2 Å². The van der Waals surface area contributed by atoms with Gasteiger partial charge in [0.15, 0.2) is 0 Å². The Kier molecular flexibility index (Phi) is 9.72. The highest BCUT2D eigenvalue weighted by molar-refractivity contribution is 7.53. The Hall–Kier alpha value is -2.67. The molecule has 31 heavy (non-hydrogen) atoms. The lowest BCUT2D eigenvalue weighted by atomic mass is 10.2. The SMILES string of the molecule is CCOP(=O)(CN(Cc1ccccc1)C(=O)CN(C)C(=O)Oc1ccccc1)OCC. The van der Waals surface area contributed by atoms with Crippen LogP contribution in [0.4, 0.5) is 4.79 Å². The van der Waals surface area contributed by atoms with E-state index in [1.54, 1.807) is 44.2 Å². The highest BCUT2D eigenvalue weighted by atomic mass is 31.2. The van der Waals surface area contributed by atoms with E-state index in [0.29, 0.717) is 5.75 Å². The Labute approximate surface area is 183 Å². The first-order chi connectivity index (χ1) is 14.9. The second kappa shape index (κ2) is 12.2. The first kappa shape index (κ1) is 24.6. The summed E-state index contributed by atoms with van der Waals surface area (Å²) in [6.45, 7) is 3.74. The van der Waals surface area contributed by atoms with Crippen LogP contribution in [0.3, 0.4) is 0 Å². The van der Waals surface area contributed by atoms with Crippen LogP contribution in [-0.4, -0.2) is 54.9 Å². The number of carbonyl (C=O) groups excluding carboxylic acids is 2. The minimum absolute atomic E-state index is 0.188. The molecule has 0 fully saturated rings. The van der Waals surface area contributed by atoms with E-state index >= 15 is 0 Å². The maximum atomic E-state index is 13.0. The van der Waals surface area contributed by atoms with Crippen LogP contribution in [0.15, 0.2) is 60.7 Å². The highest BCUT2D eigenvalue weighted by Crippen LogP contribution is 2.48. The monoisotopic (exact) mass is 448 g/mol. The molecule has 2 rings (SSSR count). The van der Waals surface area contributed by atoms with Crippen LogP contribution < -0.4 is 4.74 Å². The van der Waals surface area contributed by atoms with Crippen molar-refractivity contribution in [2.24, 2.45) is 0 Å². The molecule has 168 valence electrons. The molecule has 2 amide bonds. The van der Waals surface area contributed by atoms with Gasteiger partial charge in [-0.25, -0.2) is 4.79 Å². The number of carbonyl (C=O) groups is 2. The number of amides is 2. The van der Waals surface area contributed by atoms with Crippen molar-refractivity contribution in [2.75, 3.05) is 33.1 Å². The molecule has 0 spiro atoms. The first-order valence-electron chi connectivity index (χ1n) is 10.0. The number of rotatable bonds is 11. The van der Waals surface area contributed by atoms with Crippen molar-refractivity contribution < 1.29 is 27.9 Å². The normalized spacial score (nSPS) is 11.1. The van der Waals surface area contributed by atoms with Crippen molar-refractivity contribution in [3.05, 3.63) is 66.2 Å². The number of likely N-dealkylation sites (N-methyl/N-ethyl adjacent to an activating group) is 1. The van der Waals surface area contributed by atoms with Crippen molar-refractivity contribution in [3.63, 3.8) is 0 Å². The van der Waals surface area contributed by atoms with Crippen LogP contribution in [0.5, 0.6) is 5.75 Å². The topological polar surface area (TPSA) is 85.4 Å². The summed E-state index contributed by atoms with van der Waals surface area (Å²) in [6.07, 6.45) is -0.888. The Morgan fingerprint density at radius 2 is 1.45 bits per heavy atom. The average molecular weight is 448 g/mol. The zero-order valence-electron chi connectivity index (χ0n) is 18.1. The van der Waals surface area contributed by atoms with E-state index in [9.17, 15) is 14.2 Å². The summed E-state index contributed by atoms with van der Waals surface area (Å²) in [5.74, 6) is -0.0267. The number of para-hydroxylation sites is 1. The molecule has 8 nitrogen and oxygen atoms in total. The molecular weight excluding hydrogens is 419 g/mol. The zero-order chi connectivity index (χ0) is 22.7. The van der Waals surface area contributed by atoms with Crippen LogP contribution in [0, 0.1) is 0 Å². The van der Waals surface area contributed by atoms with Crippen molar-refractivity contribution in [1.29, 1.82) is 0 Å². The molecule has 0 bridgehead atoms. The lowest BCUT2D eigenvalue weighted by Crippen LogP contribution is -2.42. The highest BCUT2D eigenvalue weighted by Gasteiger charge is 2.31. The fourth-order valence-electron chi connectivity index (χ4n) is 2.78. The largest absolute Gasteiger partial charge is 0.415 e. The van der Waals surface area contributed by atoms with Gasteiger partial charge in [0, 0.05) is 13.6 Å². The van der Waals surface area contributed by atoms with Gasteiger partial charge in [0.1, 0.15) is 18.6 Å². The lowest BCUT2D eigenvalue weighted by molar-refractivity contribution is -0.131. The van der Waals surface area contributed by atoms with E-state index in [-0.39, 0.29) is 32.6 Å². The number of hydrogen-bond acceptors (Lipinski definition) is 6. The summed E-state index contributed by atoms with van der Waals surface area (Å²) in [5.41, 5.74) is 0.852. The number of ether oxygens (including phenoxy) is 1. The van der Waals surface area contributed by atoms with Gasteiger partial charge in [-0.1, -0.05) is 48.5 Å². The third-order valence-corrected chi connectivity index (χ3v) is 6.19. The van der Waals surface area contributed by atoms with Crippen molar-refractivity contribution in [2.45, 2.75) is 20.4 Å². The van der Waals surface area contributed by atoms with Crippen LogP contribution in [0.25, 0.3) is 0 Å². The maximum Gasteiger partial charge on any atom is 0.415 e. The molecular formula is C22H29N2O6P. The van der Waals surface area contributed by atoms with Gasteiger partial charge in [-0.2, -0.15) is 0 Å². The molecule has 0 N–H and O–H groups in total. The molecule has 0 saturated heterocycles. The van der Waals surface area contributed by atoms with E-state index in [1.807, 2.05) is 30.3 Å². The quantitative estimate of drug-likeness (QED) is 0.475. The molecule has 2 aromatic rings. The molecule has 0 radical (unpaired) electrons. The van der Waals surface area contributed by atoms with Gasteiger partial charge in [0.2, 0.25) is 5.91 Å². The molecule has 0 heterocycles. The van der Waals surface area contributed by atoms with Gasteiger partial charge >= 0.3 is 13.7 Å². The molecule has 2 aromatic carbocycles. The summed E-state index contributed by atoms with van der Waals surface area (Å²) in [6, 6.07) is 17.9. The summed E-state index contributed by atoms with van der Waals surface area (Å²) < 4.78 is 29.0. The molecule has 0 aliphatic rings. The second-order valence-corrected chi connectivity index (χ2v) is 8.72. The predicted molar refractivity (Wildman–Crippen MR) is 118 cm³/mol. The van der Waals surface area contributed by atoms with Gasteiger partial charge in [-0.15, -0.1) is 0 Å². The van der Waals surface area contributed by atoms with E-state index < -0.39 is 19.6 Å². The molecule has 0 atom stereocenters. The van der Waals surface area contributed by atoms with E-state index in [2.05, 4.69) is 0 Å². The minimum atomic E-state index is -3.52. The summed E-state index contributed by atoms with van der Waals surface area (Å²) in [4.78, 5) is 27.9. The Morgan fingerprint density at radius 3 is 2.00 bits per heavy atom. The Balaban J connectivity index is 2.12. The smallest absolute Gasteiger partial charge is 0.410 e.